The highest BCUT2D eigenvalue weighted by molar-refractivity contribution is 7.98. The van der Waals surface area contributed by atoms with Crippen molar-refractivity contribution in [2.75, 3.05) is 24.7 Å². The van der Waals surface area contributed by atoms with Crippen LogP contribution in [0.3, 0.4) is 0 Å². The lowest BCUT2D eigenvalue weighted by atomic mass is 9.87. The topological polar surface area (TPSA) is 58.0 Å². The van der Waals surface area contributed by atoms with Crippen molar-refractivity contribution in [1.82, 2.24) is 9.97 Å². The van der Waals surface area contributed by atoms with Gasteiger partial charge in [0, 0.05) is 18.0 Å². The van der Waals surface area contributed by atoms with Crippen LogP contribution < -0.4 is 5.32 Å². The smallest absolute Gasteiger partial charge is 0.130 e. The maximum atomic E-state index is 9.52. The second-order valence-electron chi connectivity index (χ2n) is 4.66. The number of nitrogens with zero attached hydrogens (tertiary/aromatic N) is 2. The zero-order chi connectivity index (χ0) is 12.1. The van der Waals surface area contributed by atoms with Gasteiger partial charge < -0.3 is 10.4 Å². The van der Waals surface area contributed by atoms with Crippen LogP contribution in [-0.2, 0) is 0 Å². The van der Waals surface area contributed by atoms with Gasteiger partial charge in [0.2, 0.25) is 0 Å². The van der Waals surface area contributed by atoms with Gasteiger partial charge in [-0.3, -0.25) is 0 Å². The highest BCUT2D eigenvalue weighted by Crippen LogP contribution is 2.37. The molecule has 1 heterocycles. The van der Waals surface area contributed by atoms with E-state index in [1.165, 1.54) is 12.8 Å². The molecule has 0 atom stereocenters. The van der Waals surface area contributed by atoms with Crippen LogP contribution in [0, 0.1) is 5.41 Å². The first-order chi connectivity index (χ1) is 8.28. The molecule has 2 N–H and O–H groups in total. The molecule has 0 bridgehead atoms. The molecule has 0 aliphatic heterocycles. The summed E-state index contributed by atoms with van der Waals surface area (Å²) in [7, 11) is 0. The van der Waals surface area contributed by atoms with Gasteiger partial charge in [-0.2, -0.15) is 0 Å². The van der Waals surface area contributed by atoms with E-state index < -0.39 is 0 Å². The van der Waals surface area contributed by atoms with Gasteiger partial charge in [0.25, 0.3) is 0 Å². The summed E-state index contributed by atoms with van der Waals surface area (Å²) in [6.45, 7) is 1.06. The molecule has 0 spiro atoms. The Balaban J connectivity index is 1.96. The van der Waals surface area contributed by atoms with Crippen molar-refractivity contribution in [2.45, 2.75) is 30.7 Å². The molecule has 0 aromatic carbocycles. The molecule has 0 amide bonds. The van der Waals surface area contributed by atoms with Crippen LogP contribution in [-0.4, -0.2) is 34.5 Å². The normalized spacial score (nSPS) is 18.2. The predicted molar refractivity (Wildman–Crippen MR) is 70.3 cm³/mol. The zero-order valence-corrected chi connectivity index (χ0v) is 11.0. The average Bonchev–Trinajstić information content (AvgIpc) is 2.86. The van der Waals surface area contributed by atoms with Crippen molar-refractivity contribution in [3.63, 3.8) is 0 Å². The number of hydrogen-bond acceptors (Lipinski definition) is 5. The van der Waals surface area contributed by atoms with E-state index in [-0.39, 0.29) is 12.0 Å². The fourth-order valence-electron chi connectivity index (χ4n) is 2.34. The number of aliphatic hydroxyl groups is 1. The van der Waals surface area contributed by atoms with Crippen LogP contribution in [0.4, 0.5) is 5.82 Å². The summed E-state index contributed by atoms with van der Waals surface area (Å²) in [5.74, 6) is 0.851. The molecule has 94 valence electrons. The molecule has 1 aliphatic rings. The average molecular weight is 253 g/mol. The van der Waals surface area contributed by atoms with Crippen LogP contribution in [0.5, 0.6) is 0 Å². The summed E-state index contributed by atoms with van der Waals surface area (Å²) in [6.07, 6.45) is 8.24. The molecule has 1 saturated carbocycles. The summed E-state index contributed by atoms with van der Waals surface area (Å²) in [4.78, 5) is 8.33. The van der Waals surface area contributed by atoms with Gasteiger partial charge in [-0.05, 0) is 19.1 Å². The molecule has 0 saturated heterocycles. The van der Waals surface area contributed by atoms with E-state index in [2.05, 4.69) is 15.3 Å². The molecule has 5 heteroatoms. The lowest BCUT2D eigenvalue weighted by molar-refractivity contribution is 0.142. The Bertz CT molecular complexity index is 367. The SMILES string of the molecule is CSc1cc(NCC2(CO)CCCC2)ncn1. The third-order valence-electron chi connectivity index (χ3n) is 3.50. The minimum absolute atomic E-state index is 0.0600. The first kappa shape index (κ1) is 12.6. The van der Waals surface area contributed by atoms with E-state index in [0.717, 1.165) is 30.2 Å². The molecular formula is C12H19N3OS. The van der Waals surface area contributed by atoms with Gasteiger partial charge >= 0.3 is 0 Å². The number of aliphatic hydroxyl groups excluding tert-OH is 1. The van der Waals surface area contributed by atoms with Crippen molar-refractivity contribution >= 4 is 17.6 Å². The predicted octanol–water partition coefficient (Wildman–Crippen LogP) is 2.16. The molecule has 1 fully saturated rings. The van der Waals surface area contributed by atoms with Gasteiger partial charge in [-0.15, -0.1) is 11.8 Å². The maximum Gasteiger partial charge on any atom is 0.130 e. The van der Waals surface area contributed by atoms with Crippen LogP contribution in [0.1, 0.15) is 25.7 Å². The zero-order valence-electron chi connectivity index (χ0n) is 10.1. The van der Waals surface area contributed by atoms with Crippen molar-refractivity contribution in [2.24, 2.45) is 5.41 Å². The Morgan fingerprint density at radius 1 is 1.41 bits per heavy atom. The van der Waals surface area contributed by atoms with E-state index >= 15 is 0 Å². The summed E-state index contributed by atoms with van der Waals surface area (Å²) in [5, 5.41) is 13.8. The molecule has 17 heavy (non-hydrogen) atoms. The molecule has 0 unspecified atom stereocenters. The van der Waals surface area contributed by atoms with Crippen molar-refractivity contribution in [3.8, 4) is 0 Å². The monoisotopic (exact) mass is 253 g/mol. The third kappa shape index (κ3) is 3.10. The molecule has 0 radical (unpaired) electrons. The Hall–Kier alpha value is -0.810. The quantitative estimate of drug-likeness (QED) is 0.622. The highest BCUT2D eigenvalue weighted by Gasteiger charge is 2.32. The van der Waals surface area contributed by atoms with E-state index in [4.69, 9.17) is 0 Å². The number of thioether (sulfide) groups is 1. The van der Waals surface area contributed by atoms with Gasteiger partial charge in [-0.1, -0.05) is 12.8 Å². The molecular weight excluding hydrogens is 234 g/mol. The van der Waals surface area contributed by atoms with Crippen molar-refractivity contribution in [1.29, 1.82) is 0 Å². The third-order valence-corrected chi connectivity index (χ3v) is 4.14. The first-order valence-corrected chi connectivity index (χ1v) is 7.21. The molecule has 4 nitrogen and oxygen atoms in total. The summed E-state index contributed by atoms with van der Waals surface area (Å²) >= 11 is 1.61. The molecule has 1 aliphatic carbocycles. The number of aromatic nitrogens is 2. The van der Waals surface area contributed by atoms with Gasteiger partial charge in [0.05, 0.1) is 6.61 Å². The van der Waals surface area contributed by atoms with Gasteiger partial charge in [0.15, 0.2) is 0 Å². The summed E-state index contributed by atoms with van der Waals surface area (Å²) in [6, 6.07) is 1.95. The fraction of sp³-hybridized carbons (Fsp3) is 0.667. The summed E-state index contributed by atoms with van der Waals surface area (Å²) < 4.78 is 0. The van der Waals surface area contributed by atoms with Crippen LogP contribution in [0.15, 0.2) is 17.4 Å². The van der Waals surface area contributed by atoms with E-state index in [1.54, 1.807) is 18.1 Å². The second-order valence-corrected chi connectivity index (χ2v) is 5.49. The van der Waals surface area contributed by atoms with Crippen LogP contribution >= 0.6 is 11.8 Å². The number of anilines is 1. The molecule has 2 rings (SSSR count). The molecule has 1 aromatic heterocycles. The summed E-state index contributed by atoms with van der Waals surface area (Å²) in [5.41, 5.74) is 0.0600. The lowest BCUT2D eigenvalue weighted by Crippen LogP contribution is -2.30. The van der Waals surface area contributed by atoms with Crippen molar-refractivity contribution < 1.29 is 5.11 Å². The standard InChI is InChI=1S/C12H19N3OS/c1-17-11-6-10(14-9-15-11)13-7-12(8-16)4-2-3-5-12/h6,9,16H,2-5,7-8H2,1H3,(H,13,14,15). The highest BCUT2D eigenvalue weighted by atomic mass is 32.2. The largest absolute Gasteiger partial charge is 0.396 e. The molecule has 1 aromatic rings. The number of rotatable bonds is 5. The fourth-order valence-corrected chi connectivity index (χ4v) is 2.72. The number of nitrogens with one attached hydrogen (secondary N) is 1. The second kappa shape index (κ2) is 5.69. The van der Waals surface area contributed by atoms with Crippen LogP contribution in [0.2, 0.25) is 0 Å². The van der Waals surface area contributed by atoms with E-state index in [1.807, 2.05) is 12.3 Å². The van der Waals surface area contributed by atoms with Crippen molar-refractivity contribution in [3.05, 3.63) is 12.4 Å². The van der Waals surface area contributed by atoms with E-state index in [9.17, 15) is 5.11 Å². The maximum absolute atomic E-state index is 9.52. The van der Waals surface area contributed by atoms with Crippen LogP contribution in [0.25, 0.3) is 0 Å². The Labute approximate surface area is 106 Å². The van der Waals surface area contributed by atoms with Gasteiger partial charge in [0.1, 0.15) is 17.2 Å². The minimum Gasteiger partial charge on any atom is -0.396 e. The Morgan fingerprint density at radius 3 is 2.82 bits per heavy atom. The first-order valence-electron chi connectivity index (χ1n) is 5.99. The Morgan fingerprint density at radius 2 is 2.18 bits per heavy atom. The minimum atomic E-state index is 0.0600. The Kier molecular flexibility index (Phi) is 4.23. The van der Waals surface area contributed by atoms with Gasteiger partial charge in [-0.25, -0.2) is 9.97 Å². The number of hydrogen-bond donors (Lipinski definition) is 2. The van der Waals surface area contributed by atoms with E-state index in [0.29, 0.717) is 0 Å². The lowest BCUT2D eigenvalue weighted by Gasteiger charge is -2.26.